The number of nitrogen functional groups attached to an aromatic ring is 1. The van der Waals surface area contributed by atoms with E-state index in [0.717, 1.165) is 12.1 Å². The number of aromatic nitrogens is 2. The van der Waals surface area contributed by atoms with E-state index in [1.54, 1.807) is 18.2 Å². The largest absolute Gasteiger partial charge is 0.369 e. The van der Waals surface area contributed by atoms with E-state index in [2.05, 4.69) is 9.97 Å². The maximum Gasteiger partial charge on any atom is 0.198 e. The lowest BCUT2D eigenvalue weighted by Crippen LogP contribution is -1.89. The van der Waals surface area contributed by atoms with Gasteiger partial charge < -0.3 is 10.7 Å². The molecule has 0 aliphatic carbocycles. The Morgan fingerprint density at radius 2 is 2.13 bits per heavy atom. The van der Waals surface area contributed by atoms with Crippen molar-refractivity contribution >= 4 is 5.95 Å². The van der Waals surface area contributed by atoms with Crippen LogP contribution in [0.25, 0.3) is 11.3 Å². The number of aryl methyl sites for hydroxylation is 1. The summed E-state index contributed by atoms with van der Waals surface area (Å²) in [4.78, 5) is 7.01. The number of nitrogens with one attached hydrogen (secondary N) is 1. The van der Waals surface area contributed by atoms with E-state index in [1.807, 2.05) is 6.92 Å². The summed E-state index contributed by atoms with van der Waals surface area (Å²) < 4.78 is 13.5. The van der Waals surface area contributed by atoms with Crippen LogP contribution in [0.15, 0.2) is 24.3 Å². The van der Waals surface area contributed by atoms with Gasteiger partial charge in [-0.3, -0.25) is 0 Å². The zero-order chi connectivity index (χ0) is 10.8. The summed E-state index contributed by atoms with van der Waals surface area (Å²) in [6.45, 7) is 1.97. The predicted molar refractivity (Wildman–Crippen MR) is 57.8 cm³/mol. The lowest BCUT2D eigenvalue weighted by atomic mass is 10.1. The van der Waals surface area contributed by atoms with Gasteiger partial charge in [-0.05, 0) is 18.6 Å². The Morgan fingerprint density at radius 3 is 2.80 bits per heavy atom. The molecule has 0 saturated carbocycles. The molecule has 0 spiro atoms. The van der Waals surface area contributed by atoms with Gasteiger partial charge in [-0.1, -0.05) is 19.1 Å². The van der Waals surface area contributed by atoms with E-state index >= 15 is 0 Å². The molecule has 1 aromatic carbocycles. The third kappa shape index (κ3) is 1.70. The van der Waals surface area contributed by atoms with Crippen LogP contribution in [0.1, 0.15) is 12.6 Å². The molecular formula is C11H12FN3. The summed E-state index contributed by atoms with van der Waals surface area (Å²) in [5, 5.41) is 0. The highest BCUT2D eigenvalue weighted by Gasteiger charge is 2.12. The molecule has 0 fully saturated rings. The molecule has 0 radical (unpaired) electrons. The minimum atomic E-state index is -0.279. The smallest absolute Gasteiger partial charge is 0.198 e. The lowest BCUT2D eigenvalue weighted by Gasteiger charge is -2.01. The monoisotopic (exact) mass is 205 g/mol. The molecule has 0 bridgehead atoms. The normalized spacial score (nSPS) is 10.5. The van der Waals surface area contributed by atoms with Crippen molar-refractivity contribution in [3.63, 3.8) is 0 Å². The second-order valence-corrected chi connectivity index (χ2v) is 3.28. The number of rotatable bonds is 2. The van der Waals surface area contributed by atoms with Crippen molar-refractivity contribution in [1.82, 2.24) is 9.97 Å². The fourth-order valence-electron chi connectivity index (χ4n) is 1.56. The Labute approximate surface area is 87.2 Å². The Balaban J connectivity index is 2.58. The van der Waals surface area contributed by atoms with Crippen molar-refractivity contribution in [3.05, 3.63) is 35.8 Å². The molecule has 0 amide bonds. The molecular weight excluding hydrogens is 193 g/mol. The van der Waals surface area contributed by atoms with Gasteiger partial charge in [-0.25, -0.2) is 9.37 Å². The third-order valence-electron chi connectivity index (χ3n) is 2.28. The van der Waals surface area contributed by atoms with Gasteiger partial charge in [0, 0.05) is 11.3 Å². The van der Waals surface area contributed by atoms with Crippen LogP contribution in [0.4, 0.5) is 10.3 Å². The molecule has 0 unspecified atom stereocenters. The van der Waals surface area contributed by atoms with Gasteiger partial charge in [0.15, 0.2) is 5.95 Å². The highest BCUT2D eigenvalue weighted by molar-refractivity contribution is 5.64. The van der Waals surface area contributed by atoms with E-state index in [0.29, 0.717) is 17.2 Å². The second kappa shape index (κ2) is 3.73. The minimum absolute atomic E-state index is 0.279. The molecule has 78 valence electrons. The summed E-state index contributed by atoms with van der Waals surface area (Å²) >= 11 is 0. The number of aromatic amines is 1. The van der Waals surface area contributed by atoms with Gasteiger partial charge in [0.2, 0.25) is 0 Å². The number of nitrogens with zero attached hydrogens (tertiary/aromatic N) is 1. The average Bonchev–Trinajstić information content (AvgIpc) is 2.60. The first-order chi connectivity index (χ1) is 7.22. The van der Waals surface area contributed by atoms with Gasteiger partial charge in [-0.15, -0.1) is 0 Å². The standard InChI is InChI=1S/C11H12FN3/c1-2-9-10(15-11(13)14-9)7-5-3-4-6-8(7)12/h3-6H,2H2,1H3,(H3,13,14,15). The number of anilines is 1. The zero-order valence-electron chi connectivity index (χ0n) is 8.42. The number of H-pyrrole nitrogens is 1. The molecule has 4 heteroatoms. The molecule has 0 saturated heterocycles. The summed E-state index contributed by atoms with van der Waals surface area (Å²) in [5.41, 5.74) is 7.51. The summed E-state index contributed by atoms with van der Waals surface area (Å²) in [6, 6.07) is 6.55. The first-order valence-electron chi connectivity index (χ1n) is 4.81. The number of imidazole rings is 1. The fourth-order valence-corrected chi connectivity index (χ4v) is 1.56. The van der Waals surface area contributed by atoms with E-state index < -0.39 is 0 Å². The number of nitrogens with two attached hydrogens (primary N) is 1. The van der Waals surface area contributed by atoms with E-state index in [-0.39, 0.29) is 5.82 Å². The van der Waals surface area contributed by atoms with E-state index in [9.17, 15) is 4.39 Å². The summed E-state index contributed by atoms with van der Waals surface area (Å²) in [6.07, 6.45) is 0.744. The molecule has 0 aliphatic heterocycles. The van der Waals surface area contributed by atoms with Crippen LogP contribution in [0.2, 0.25) is 0 Å². The molecule has 3 N–H and O–H groups in total. The van der Waals surface area contributed by atoms with Gasteiger partial charge in [0.25, 0.3) is 0 Å². The predicted octanol–water partition coefficient (Wildman–Crippen LogP) is 2.36. The zero-order valence-corrected chi connectivity index (χ0v) is 8.42. The Hall–Kier alpha value is -1.84. The van der Waals surface area contributed by atoms with Gasteiger partial charge >= 0.3 is 0 Å². The van der Waals surface area contributed by atoms with Crippen molar-refractivity contribution in [2.45, 2.75) is 13.3 Å². The second-order valence-electron chi connectivity index (χ2n) is 3.28. The van der Waals surface area contributed by atoms with Gasteiger partial charge in [0.05, 0.1) is 5.69 Å². The minimum Gasteiger partial charge on any atom is -0.369 e. The molecule has 2 aromatic rings. The lowest BCUT2D eigenvalue weighted by molar-refractivity contribution is 0.630. The maximum atomic E-state index is 13.5. The van der Waals surface area contributed by atoms with Crippen LogP contribution in [0.3, 0.4) is 0 Å². The molecule has 0 aliphatic rings. The van der Waals surface area contributed by atoms with Crippen molar-refractivity contribution < 1.29 is 4.39 Å². The van der Waals surface area contributed by atoms with Crippen LogP contribution in [-0.4, -0.2) is 9.97 Å². The first-order valence-corrected chi connectivity index (χ1v) is 4.81. The topological polar surface area (TPSA) is 54.7 Å². The van der Waals surface area contributed by atoms with E-state index in [4.69, 9.17) is 5.73 Å². The Bertz CT molecular complexity index is 476. The van der Waals surface area contributed by atoms with Gasteiger partial charge in [0.1, 0.15) is 5.82 Å². The third-order valence-corrected chi connectivity index (χ3v) is 2.28. The maximum absolute atomic E-state index is 13.5. The van der Waals surface area contributed by atoms with E-state index in [1.165, 1.54) is 6.07 Å². The Kier molecular flexibility index (Phi) is 2.41. The highest BCUT2D eigenvalue weighted by Crippen LogP contribution is 2.25. The SMILES string of the molecule is CCc1[nH]c(N)nc1-c1ccccc1F. The quantitative estimate of drug-likeness (QED) is 0.790. The van der Waals surface area contributed by atoms with Crippen molar-refractivity contribution in [1.29, 1.82) is 0 Å². The van der Waals surface area contributed by atoms with Crippen molar-refractivity contribution in [2.75, 3.05) is 5.73 Å². The molecule has 15 heavy (non-hydrogen) atoms. The fraction of sp³-hybridized carbons (Fsp3) is 0.182. The molecule has 0 atom stereocenters. The van der Waals surface area contributed by atoms with Crippen LogP contribution in [0, 0.1) is 5.82 Å². The molecule has 1 heterocycles. The average molecular weight is 205 g/mol. The number of halogens is 1. The number of hydrogen-bond donors (Lipinski definition) is 2. The summed E-state index contributed by atoms with van der Waals surface area (Å²) in [5.74, 6) is 0.0452. The number of hydrogen-bond acceptors (Lipinski definition) is 2. The molecule has 3 nitrogen and oxygen atoms in total. The van der Waals surface area contributed by atoms with Crippen LogP contribution in [0.5, 0.6) is 0 Å². The molecule has 2 rings (SSSR count). The van der Waals surface area contributed by atoms with Crippen LogP contribution in [-0.2, 0) is 6.42 Å². The van der Waals surface area contributed by atoms with Gasteiger partial charge in [-0.2, -0.15) is 0 Å². The van der Waals surface area contributed by atoms with Crippen LogP contribution < -0.4 is 5.73 Å². The number of benzene rings is 1. The molecule has 1 aromatic heterocycles. The first kappa shape index (κ1) is 9.71. The van der Waals surface area contributed by atoms with Crippen molar-refractivity contribution in [3.8, 4) is 11.3 Å². The Morgan fingerprint density at radius 1 is 1.40 bits per heavy atom. The summed E-state index contributed by atoms with van der Waals surface area (Å²) in [7, 11) is 0. The van der Waals surface area contributed by atoms with Crippen molar-refractivity contribution in [2.24, 2.45) is 0 Å². The highest BCUT2D eigenvalue weighted by atomic mass is 19.1. The van der Waals surface area contributed by atoms with Crippen LogP contribution >= 0.6 is 0 Å².